The highest BCUT2D eigenvalue weighted by atomic mass is 15.1. The van der Waals surface area contributed by atoms with E-state index in [4.69, 9.17) is 0 Å². The Morgan fingerprint density at radius 2 is 1.95 bits per heavy atom. The van der Waals surface area contributed by atoms with Crippen LogP contribution in [0.5, 0.6) is 0 Å². The first kappa shape index (κ1) is 16.9. The third kappa shape index (κ3) is 6.24. The van der Waals surface area contributed by atoms with E-state index in [0.717, 1.165) is 12.6 Å². The van der Waals surface area contributed by atoms with Crippen molar-refractivity contribution in [3.8, 4) is 0 Å². The summed E-state index contributed by atoms with van der Waals surface area (Å²) in [6, 6.07) is 1.37. The number of hydrogen-bond donors (Lipinski definition) is 1. The van der Waals surface area contributed by atoms with Gasteiger partial charge in [0.05, 0.1) is 0 Å². The summed E-state index contributed by atoms with van der Waals surface area (Å²) in [6.45, 7) is 11.9. The van der Waals surface area contributed by atoms with E-state index in [0.29, 0.717) is 12.0 Å². The van der Waals surface area contributed by atoms with Gasteiger partial charge < -0.3 is 15.1 Å². The zero-order valence-corrected chi connectivity index (χ0v) is 13.8. The quantitative estimate of drug-likeness (QED) is 0.766. The lowest BCUT2D eigenvalue weighted by molar-refractivity contribution is 0.215. The Morgan fingerprint density at radius 1 is 1.21 bits per heavy atom. The van der Waals surface area contributed by atoms with Crippen molar-refractivity contribution in [1.29, 1.82) is 0 Å². The normalized spacial score (nSPS) is 23.8. The Morgan fingerprint density at radius 3 is 2.53 bits per heavy atom. The zero-order valence-electron chi connectivity index (χ0n) is 13.8. The molecule has 19 heavy (non-hydrogen) atoms. The highest BCUT2D eigenvalue weighted by molar-refractivity contribution is 4.79. The number of likely N-dealkylation sites (tertiary alicyclic amines) is 1. The van der Waals surface area contributed by atoms with Crippen molar-refractivity contribution in [2.75, 3.05) is 40.3 Å². The van der Waals surface area contributed by atoms with Gasteiger partial charge >= 0.3 is 0 Å². The van der Waals surface area contributed by atoms with Crippen molar-refractivity contribution in [3.63, 3.8) is 0 Å². The molecule has 0 spiro atoms. The van der Waals surface area contributed by atoms with Crippen molar-refractivity contribution < 1.29 is 0 Å². The zero-order chi connectivity index (χ0) is 14.3. The van der Waals surface area contributed by atoms with Crippen LogP contribution >= 0.6 is 0 Å². The second-order valence-corrected chi connectivity index (χ2v) is 6.65. The number of rotatable bonds is 7. The fourth-order valence-electron chi connectivity index (χ4n) is 3.20. The number of nitrogens with one attached hydrogen (secondary N) is 1. The van der Waals surface area contributed by atoms with Crippen molar-refractivity contribution in [2.45, 2.75) is 58.5 Å². The van der Waals surface area contributed by atoms with Gasteiger partial charge in [-0.25, -0.2) is 0 Å². The molecule has 0 bridgehead atoms. The summed E-state index contributed by atoms with van der Waals surface area (Å²) in [5.74, 6) is 0.713. The second kappa shape index (κ2) is 8.93. The first-order valence-electron chi connectivity index (χ1n) is 8.16. The fourth-order valence-corrected chi connectivity index (χ4v) is 3.20. The molecular weight excluding hydrogens is 234 g/mol. The molecular formula is C16H35N3. The van der Waals surface area contributed by atoms with Crippen LogP contribution in [0.25, 0.3) is 0 Å². The van der Waals surface area contributed by atoms with E-state index in [1.165, 1.54) is 45.3 Å². The van der Waals surface area contributed by atoms with Crippen LogP contribution < -0.4 is 5.32 Å². The van der Waals surface area contributed by atoms with E-state index in [1.807, 2.05) is 0 Å². The van der Waals surface area contributed by atoms with Crippen LogP contribution in [0.3, 0.4) is 0 Å². The molecule has 1 fully saturated rings. The van der Waals surface area contributed by atoms with E-state index in [9.17, 15) is 0 Å². The first-order chi connectivity index (χ1) is 9.04. The van der Waals surface area contributed by atoms with E-state index >= 15 is 0 Å². The molecule has 0 amide bonds. The average molecular weight is 269 g/mol. The van der Waals surface area contributed by atoms with Crippen molar-refractivity contribution in [1.82, 2.24) is 15.1 Å². The van der Waals surface area contributed by atoms with Crippen LogP contribution in [0.2, 0.25) is 0 Å². The van der Waals surface area contributed by atoms with E-state index in [2.05, 4.69) is 50.0 Å². The standard InChI is InChI=1S/C16H35N3/c1-6-10-19-11-7-8-15(9-12-19)17-13-16(14(2)3)18(4)5/h14-17H,6-13H2,1-5H3. The number of likely N-dealkylation sites (N-methyl/N-ethyl adjacent to an activating group) is 1. The summed E-state index contributed by atoms with van der Waals surface area (Å²) in [5, 5.41) is 3.82. The molecule has 2 atom stereocenters. The number of nitrogens with zero attached hydrogens (tertiary/aromatic N) is 2. The minimum absolute atomic E-state index is 0.648. The molecule has 0 radical (unpaired) electrons. The minimum atomic E-state index is 0.648. The lowest BCUT2D eigenvalue weighted by atomic mass is 10.0. The maximum Gasteiger partial charge on any atom is 0.0237 e. The van der Waals surface area contributed by atoms with Crippen LogP contribution in [-0.4, -0.2) is 62.2 Å². The largest absolute Gasteiger partial charge is 0.312 e. The molecule has 3 nitrogen and oxygen atoms in total. The molecule has 1 aliphatic heterocycles. The summed E-state index contributed by atoms with van der Waals surface area (Å²) < 4.78 is 0. The molecule has 114 valence electrons. The maximum absolute atomic E-state index is 3.82. The van der Waals surface area contributed by atoms with Crippen LogP contribution in [0.15, 0.2) is 0 Å². The summed E-state index contributed by atoms with van der Waals surface area (Å²) in [4.78, 5) is 4.99. The molecule has 0 aliphatic carbocycles. The smallest absolute Gasteiger partial charge is 0.0237 e. The predicted octanol–water partition coefficient (Wildman–Crippen LogP) is 2.43. The monoisotopic (exact) mass is 269 g/mol. The first-order valence-corrected chi connectivity index (χ1v) is 8.16. The summed E-state index contributed by atoms with van der Waals surface area (Å²) in [7, 11) is 4.39. The maximum atomic E-state index is 3.82. The van der Waals surface area contributed by atoms with Crippen LogP contribution in [-0.2, 0) is 0 Å². The Labute approximate surface area is 120 Å². The average Bonchev–Trinajstić information content (AvgIpc) is 2.55. The van der Waals surface area contributed by atoms with Gasteiger partial charge in [0.25, 0.3) is 0 Å². The van der Waals surface area contributed by atoms with Crippen LogP contribution in [0, 0.1) is 5.92 Å². The minimum Gasteiger partial charge on any atom is -0.312 e. The molecule has 1 rings (SSSR count). The molecule has 1 N–H and O–H groups in total. The number of hydrogen-bond acceptors (Lipinski definition) is 3. The fraction of sp³-hybridized carbons (Fsp3) is 1.00. The van der Waals surface area contributed by atoms with E-state index in [1.54, 1.807) is 0 Å². The molecule has 1 aliphatic rings. The molecule has 1 saturated heterocycles. The van der Waals surface area contributed by atoms with E-state index in [-0.39, 0.29) is 0 Å². The predicted molar refractivity (Wildman–Crippen MR) is 84.7 cm³/mol. The molecule has 0 aromatic heterocycles. The Balaban J connectivity index is 2.32. The van der Waals surface area contributed by atoms with Gasteiger partial charge in [-0.05, 0) is 65.3 Å². The van der Waals surface area contributed by atoms with Gasteiger partial charge in [-0.3, -0.25) is 0 Å². The highest BCUT2D eigenvalue weighted by Gasteiger charge is 2.20. The lowest BCUT2D eigenvalue weighted by Gasteiger charge is -2.30. The highest BCUT2D eigenvalue weighted by Crippen LogP contribution is 2.13. The third-order valence-corrected chi connectivity index (χ3v) is 4.41. The summed E-state index contributed by atoms with van der Waals surface area (Å²) in [5.41, 5.74) is 0. The van der Waals surface area contributed by atoms with Gasteiger partial charge in [0.15, 0.2) is 0 Å². The molecule has 0 aromatic carbocycles. The van der Waals surface area contributed by atoms with Gasteiger partial charge in [-0.1, -0.05) is 20.8 Å². The van der Waals surface area contributed by atoms with Gasteiger partial charge in [0.2, 0.25) is 0 Å². The van der Waals surface area contributed by atoms with Crippen LogP contribution in [0.1, 0.15) is 46.5 Å². The van der Waals surface area contributed by atoms with Crippen molar-refractivity contribution in [2.24, 2.45) is 5.92 Å². The Bertz CT molecular complexity index is 220. The molecule has 3 heteroatoms. The van der Waals surface area contributed by atoms with Crippen LogP contribution in [0.4, 0.5) is 0 Å². The summed E-state index contributed by atoms with van der Waals surface area (Å²) >= 11 is 0. The van der Waals surface area contributed by atoms with Crippen molar-refractivity contribution in [3.05, 3.63) is 0 Å². The molecule has 0 saturated carbocycles. The molecule has 1 heterocycles. The van der Waals surface area contributed by atoms with Crippen molar-refractivity contribution >= 4 is 0 Å². The lowest BCUT2D eigenvalue weighted by Crippen LogP contribution is -2.45. The second-order valence-electron chi connectivity index (χ2n) is 6.65. The SMILES string of the molecule is CCCN1CCCC(NCC(C(C)C)N(C)C)CC1. The topological polar surface area (TPSA) is 18.5 Å². The molecule has 2 unspecified atom stereocenters. The Hall–Kier alpha value is -0.120. The van der Waals surface area contributed by atoms with E-state index < -0.39 is 0 Å². The van der Waals surface area contributed by atoms with Gasteiger partial charge in [-0.2, -0.15) is 0 Å². The molecule has 0 aromatic rings. The van der Waals surface area contributed by atoms with Gasteiger partial charge in [0.1, 0.15) is 0 Å². The summed E-state index contributed by atoms with van der Waals surface area (Å²) in [6.07, 6.45) is 5.30. The van der Waals surface area contributed by atoms with Gasteiger partial charge in [0, 0.05) is 18.6 Å². The third-order valence-electron chi connectivity index (χ3n) is 4.41. The van der Waals surface area contributed by atoms with Gasteiger partial charge in [-0.15, -0.1) is 0 Å². The Kier molecular flexibility index (Phi) is 7.96.